The van der Waals surface area contributed by atoms with Gasteiger partial charge in [-0.25, -0.2) is 0 Å². The van der Waals surface area contributed by atoms with Crippen molar-refractivity contribution in [2.24, 2.45) is 0 Å². The van der Waals surface area contributed by atoms with Crippen LogP contribution >= 0.6 is 11.6 Å². The summed E-state index contributed by atoms with van der Waals surface area (Å²) in [4.78, 5) is 22.4. The van der Waals surface area contributed by atoms with E-state index in [2.05, 4.69) is 5.32 Å². The lowest BCUT2D eigenvalue weighted by molar-refractivity contribution is -0.142. The van der Waals surface area contributed by atoms with E-state index < -0.39 is 30.0 Å². The minimum Gasteiger partial charge on any atom is -0.481 e. The number of halogens is 1. The molecule has 116 valence electrons. The van der Waals surface area contributed by atoms with Crippen LogP contribution in [-0.4, -0.2) is 40.3 Å². The number of carboxylic acids is 1. The highest BCUT2D eigenvalue weighted by atomic mass is 35.5. The van der Waals surface area contributed by atoms with Crippen LogP contribution in [0.3, 0.4) is 0 Å². The molecule has 2 atom stereocenters. The molecule has 0 aromatic heterocycles. The number of ether oxygens (including phenoxy) is 1. The maximum Gasteiger partial charge on any atom is 0.306 e. The van der Waals surface area contributed by atoms with E-state index in [4.69, 9.17) is 21.4 Å². The van der Waals surface area contributed by atoms with Gasteiger partial charge in [-0.05, 0) is 38.1 Å². The molecule has 0 fully saturated rings. The highest BCUT2D eigenvalue weighted by Crippen LogP contribution is 2.17. The standard InChI is InChI=1S/C14H18ClNO5/c1-9(21-11-5-3-10(15)4-6-11)13(19)16-8-14(2,20)7-12(17)18/h3-6,9,20H,7-8H2,1-2H3,(H,16,19)(H,17,18). The number of rotatable bonds is 7. The van der Waals surface area contributed by atoms with Crippen LogP contribution in [0.25, 0.3) is 0 Å². The summed E-state index contributed by atoms with van der Waals surface area (Å²) in [6.07, 6.45) is -1.24. The Labute approximate surface area is 127 Å². The van der Waals surface area contributed by atoms with E-state index in [0.29, 0.717) is 10.8 Å². The van der Waals surface area contributed by atoms with Crippen LogP contribution in [0.2, 0.25) is 5.02 Å². The summed E-state index contributed by atoms with van der Waals surface area (Å²) in [5.74, 6) is -1.10. The van der Waals surface area contributed by atoms with Gasteiger partial charge in [-0.15, -0.1) is 0 Å². The second-order valence-electron chi connectivity index (χ2n) is 5.00. The van der Waals surface area contributed by atoms with Crippen molar-refractivity contribution in [2.75, 3.05) is 6.54 Å². The molecule has 0 aliphatic heterocycles. The SMILES string of the molecule is CC(Oc1ccc(Cl)cc1)C(=O)NCC(C)(O)CC(=O)O. The smallest absolute Gasteiger partial charge is 0.306 e. The highest BCUT2D eigenvalue weighted by Gasteiger charge is 2.26. The van der Waals surface area contributed by atoms with Crippen molar-refractivity contribution in [3.8, 4) is 5.75 Å². The Morgan fingerprint density at radius 2 is 1.95 bits per heavy atom. The molecule has 21 heavy (non-hydrogen) atoms. The molecular formula is C14H18ClNO5. The van der Waals surface area contributed by atoms with Crippen LogP contribution in [-0.2, 0) is 9.59 Å². The van der Waals surface area contributed by atoms with Gasteiger partial charge < -0.3 is 20.3 Å². The topological polar surface area (TPSA) is 95.9 Å². The number of nitrogens with one attached hydrogen (secondary N) is 1. The number of carbonyl (C=O) groups excluding carboxylic acids is 1. The maximum absolute atomic E-state index is 11.8. The molecular weight excluding hydrogens is 298 g/mol. The molecule has 0 aliphatic carbocycles. The summed E-state index contributed by atoms with van der Waals surface area (Å²) in [5.41, 5.74) is -1.51. The molecule has 1 amide bonds. The summed E-state index contributed by atoms with van der Waals surface area (Å²) in [7, 11) is 0. The number of carbonyl (C=O) groups is 2. The molecule has 1 rings (SSSR count). The largest absolute Gasteiger partial charge is 0.481 e. The fraction of sp³-hybridized carbons (Fsp3) is 0.429. The third-order valence-electron chi connectivity index (χ3n) is 2.67. The van der Waals surface area contributed by atoms with Crippen LogP contribution < -0.4 is 10.1 Å². The lowest BCUT2D eigenvalue weighted by atomic mass is 10.0. The molecule has 0 bridgehead atoms. The van der Waals surface area contributed by atoms with Crippen molar-refractivity contribution in [2.45, 2.75) is 32.0 Å². The van der Waals surface area contributed by atoms with E-state index in [1.165, 1.54) is 6.92 Å². The van der Waals surface area contributed by atoms with E-state index >= 15 is 0 Å². The molecule has 2 unspecified atom stereocenters. The Morgan fingerprint density at radius 3 is 2.48 bits per heavy atom. The average Bonchev–Trinajstić information content (AvgIpc) is 2.37. The zero-order chi connectivity index (χ0) is 16.0. The van der Waals surface area contributed by atoms with Crippen LogP contribution in [0.5, 0.6) is 5.75 Å². The number of benzene rings is 1. The van der Waals surface area contributed by atoms with Crippen LogP contribution in [0, 0.1) is 0 Å². The third kappa shape index (κ3) is 6.46. The van der Waals surface area contributed by atoms with E-state index in [-0.39, 0.29) is 6.54 Å². The summed E-state index contributed by atoms with van der Waals surface area (Å²) in [5, 5.41) is 21.4. The number of aliphatic hydroxyl groups is 1. The van der Waals surface area contributed by atoms with Crippen molar-refractivity contribution in [1.29, 1.82) is 0 Å². The first-order valence-electron chi connectivity index (χ1n) is 6.34. The van der Waals surface area contributed by atoms with Gasteiger partial charge in [-0.3, -0.25) is 9.59 Å². The molecule has 3 N–H and O–H groups in total. The molecule has 0 heterocycles. The van der Waals surface area contributed by atoms with Gasteiger partial charge in [0.15, 0.2) is 6.10 Å². The normalized spacial score (nSPS) is 14.9. The quantitative estimate of drug-likeness (QED) is 0.707. The average molecular weight is 316 g/mol. The van der Waals surface area contributed by atoms with Crippen LogP contribution in [0.15, 0.2) is 24.3 Å². The molecule has 0 saturated heterocycles. The Kier molecular flexibility index (Phi) is 5.99. The van der Waals surface area contributed by atoms with Crippen molar-refractivity contribution in [3.63, 3.8) is 0 Å². The zero-order valence-corrected chi connectivity index (χ0v) is 12.6. The lowest BCUT2D eigenvalue weighted by Gasteiger charge is -2.23. The van der Waals surface area contributed by atoms with E-state index in [9.17, 15) is 14.7 Å². The number of amides is 1. The molecule has 0 radical (unpaired) electrons. The van der Waals surface area contributed by atoms with Gasteiger partial charge in [-0.2, -0.15) is 0 Å². The molecule has 1 aromatic carbocycles. The third-order valence-corrected chi connectivity index (χ3v) is 2.92. The molecule has 0 spiro atoms. The molecule has 7 heteroatoms. The predicted octanol–water partition coefficient (Wildman–Crippen LogP) is 1.45. The molecule has 1 aromatic rings. The summed E-state index contributed by atoms with van der Waals surface area (Å²) < 4.78 is 5.41. The fourth-order valence-corrected chi connectivity index (χ4v) is 1.71. The van der Waals surface area contributed by atoms with Crippen molar-refractivity contribution >= 4 is 23.5 Å². The number of carboxylic acid groups (broad SMARTS) is 1. The monoisotopic (exact) mass is 315 g/mol. The second-order valence-corrected chi connectivity index (χ2v) is 5.44. The first kappa shape index (κ1) is 17.3. The molecule has 0 aliphatic rings. The summed E-state index contributed by atoms with van der Waals surface area (Å²) in [6, 6.07) is 6.54. The first-order chi connectivity index (χ1) is 9.69. The molecule has 6 nitrogen and oxygen atoms in total. The van der Waals surface area contributed by atoms with E-state index in [1.807, 2.05) is 0 Å². The van der Waals surface area contributed by atoms with Crippen molar-refractivity contribution in [1.82, 2.24) is 5.32 Å². The van der Waals surface area contributed by atoms with Crippen molar-refractivity contribution < 1.29 is 24.5 Å². The van der Waals surface area contributed by atoms with Gasteiger partial charge >= 0.3 is 5.97 Å². The van der Waals surface area contributed by atoms with Crippen LogP contribution in [0.1, 0.15) is 20.3 Å². The maximum atomic E-state index is 11.8. The minimum absolute atomic E-state index is 0.174. The molecule has 0 saturated carbocycles. The van der Waals surface area contributed by atoms with E-state index in [0.717, 1.165) is 0 Å². The zero-order valence-electron chi connectivity index (χ0n) is 11.8. The van der Waals surface area contributed by atoms with E-state index in [1.54, 1.807) is 31.2 Å². The lowest BCUT2D eigenvalue weighted by Crippen LogP contribution is -2.46. The Hall–Kier alpha value is -1.79. The second kappa shape index (κ2) is 7.28. The highest BCUT2D eigenvalue weighted by molar-refractivity contribution is 6.30. The number of hydrogen-bond donors (Lipinski definition) is 3. The predicted molar refractivity (Wildman–Crippen MR) is 77.4 cm³/mol. The van der Waals surface area contributed by atoms with Gasteiger partial charge in [-0.1, -0.05) is 11.6 Å². The van der Waals surface area contributed by atoms with Gasteiger partial charge in [0.05, 0.1) is 12.0 Å². The Balaban J connectivity index is 2.47. The summed E-state index contributed by atoms with van der Waals surface area (Å²) in [6.45, 7) is 2.72. The van der Waals surface area contributed by atoms with Gasteiger partial charge in [0, 0.05) is 11.6 Å². The first-order valence-corrected chi connectivity index (χ1v) is 6.71. The van der Waals surface area contributed by atoms with Crippen LogP contribution in [0.4, 0.5) is 0 Å². The number of hydrogen-bond acceptors (Lipinski definition) is 4. The minimum atomic E-state index is -1.51. The van der Waals surface area contributed by atoms with Gasteiger partial charge in [0.1, 0.15) is 5.75 Å². The number of aliphatic carboxylic acids is 1. The van der Waals surface area contributed by atoms with Gasteiger partial charge in [0.25, 0.3) is 5.91 Å². The fourth-order valence-electron chi connectivity index (χ4n) is 1.58. The summed E-state index contributed by atoms with van der Waals surface area (Å²) >= 11 is 5.74. The Bertz CT molecular complexity index is 501. The Morgan fingerprint density at radius 1 is 1.38 bits per heavy atom. The van der Waals surface area contributed by atoms with Gasteiger partial charge in [0.2, 0.25) is 0 Å². The van der Waals surface area contributed by atoms with Crippen molar-refractivity contribution in [3.05, 3.63) is 29.3 Å².